The van der Waals surface area contributed by atoms with E-state index in [0.29, 0.717) is 13.2 Å². The summed E-state index contributed by atoms with van der Waals surface area (Å²) in [7, 11) is 3.52. The normalized spacial score (nSPS) is 11.6. The van der Waals surface area contributed by atoms with Crippen molar-refractivity contribution in [2.75, 3.05) is 20.7 Å². The van der Waals surface area contributed by atoms with E-state index in [9.17, 15) is 0 Å². The summed E-state index contributed by atoms with van der Waals surface area (Å²) in [5.41, 5.74) is 3.74. The lowest BCUT2D eigenvalue weighted by Gasteiger charge is -2.27. The summed E-state index contributed by atoms with van der Waals surface area (Å²) < 4.78 is 5.27. The van der Waals surface area contributed by atoms with E-state index in [1.54, 1.807) is 14.2 Å². The minimum atomic E-state index is 0. The first-order valence-electron chi connectivity index (χ1n) is 8.62. The van der Waals surface area contributed by atoms with Gasteiger partial charge in [-0.2, -0.15) is 0 Å². The zero-order valence-electron chi connectivity index (χ0n) is 16.1. The molecule has 0 heterocycles. The average Bonchev–Trinajstić information content (AvgIpc) is 2.64. The summed E-state index contributed by atoms with van der Waals surface area (Å²) in [5, 5.41) is 6.83. The van der Waals surface area contributed by atoms with Crippen LogP contribution >= 0.6 is 24.0 Å². The van der Waals surface area contributed by atoms with Gasteiger partial charge in [0.2, 0.25) is 0 Å². The van der Waals surface area contributed by atoms with Crippen LogP contribution in [0.15, 0.2) is 59.6 Å². The quantitative estimate of drug-likeness (QED) is 0.366. The van der Waals surface area contributed by atoms with Gasteiger partial charge < -0.3 is 15.4 Å². The van der Waals surface area contributed by atoms with E-state index in [4.69, 9.17) is 4.74 Å². The maximum Gasteiger partial charge on any atom is 0.191 e. The van der Waals surface area contributed by atoms with E-state index in [1.807, 2.05) is 18.2 Å². The number of methoxy groups -OCH3 is 1. The van der Waals surface area contributed by atoms with Crippen molar-refractivity contribution in [2.24, 2.45) is 4.99 Å². The molecule has 2 aromatic carbocycles. The summed E-state index contributed by atoms with van der Waals surface area (Å²) in [6, 6.07) is 18.8. The predicted molar refractivity (Wildman–Crippen MR) is 120 cm³/mol. The van der Waals surface area contributed by atoms with Crippen molar-refractivity contribution in [3.05, 3.63) is 71.3 Å². The number of rotatable bonds is 7. The van der Waals surface area contributed by atoms with Crippen molar-refractivity contribution in [3.63, 3.8) is 0 Å². The van der Waals surface area contributed by atoms with Gasteiger partial charge in [0, 0.05) is 32.7 Å². The van der Waals surface area contributed by atoms with Crippen molar-refractivity contribution in [2.45, 2.75) is 32.4 Å². The number of hydrogen-bond acceptors (Lipinski definition) is 2. The number of halogens is 1. The molecule has 0 aliphatic carbocycles. The van der Waals surface area contributed by atoms with Gasteiger partial charge in [0.25, 0.3) is 0 Å². The molecule has 0 aromatic heterocycles. The Morgan fingerprint density at radius 3 is 2.19 bits per heavy atom. The van der Waals surface area contributed by atoms with Crippen LogP contribution in [-0.4, -0.2) is 26.7 Å². The number of ether oxygens (including phenoxy) is 1. The van der Waals surface area contributed by atoms with Crippen molar-refractivity contribution in [1.82, 2.24) is 10.6 Å². The number of benzene rings is 2. The Labute approximate surface area is 174 Å². The molecule has 0 bridgehead atoms. The lowest BCUT2D eigenvalue weighted by Crippen LogP contribution is -2.43. The molecule has 4 nitrogen and oxygen atoms in total. The number of nitrogens with zero attached hydrogens (tertiary/aromatic N) is 1. The maximum absolute atomic E-state index is 5.27. The molecular formula is C21H30IN3O. The minimum absolute atomic E-state index is 0. The highest BCUT2D eigenvalue weighted by atomic mass is 127. The van der Waals surface area contributed by atoms with E-state index < -0.39 is 0 Å². The smallest absolute Gasteiger partial charge is 0.191 e. The molecule has 0 unspecified atom stereocenters. The third-order valence-electron chi connectivity index (χ3n) is 4.34. The molecule has 2 aromatic rings. The lowest BCUT2D eigenvalue weighted by atomic mass is 9.85. The SMILES string of the molecule is CN=C(NCc1ccccc1COC)NCC(C)(C)c1ccccc1.I. The minimum Gasteiger partial charge on any atom is -0.380 e. The number of hydrogen-bond donors (Lipinski definition) is 2. The molecule has 0 spiro atoms. The van der Waals surface area contributed by atoms with Gasteiger partial charge in [-0.25, -0.2) is 0 Å². The zero-order chi connectivity index (χ0) is 18.1. The Hall–Kier alpha value is -1.60. The van der Waals surface area contributed by atoms with Gasteiger partial charge in [0.1, 0.15) is 0 Å². The summed E-state index contributed by atoms with van der Waals surface area (Å²) >= 11 is 0. The van der Waals surface area contributed by atoms with Crippen molar-refractivity contribution < 1.29 is 4.74 Å². The van der Waals surface area contributed by atoms with Crippen LogP contribution in [0.3, 0.4) is 0 Å². The highest BCUT2D eigenvalue weighted by Crippen LogP contribution is 2.21. The van der Waals surface area contributed by atoms with Crippen LogP contribution in [0.1, 0.15) is 30.5 Å². The molecule has 0 saturated carbocycles. The average molecular weight is 467 g/mol. The van der Waals surface area contributed by atoms with E-state index in [-0.39, 0.29) is 29.4 Å². The van der Waals surface area contributed by atoms with Gasteiger partial charge in [-0.15, -0.1) is 24.0 Å². The Kier molecular flexibility index (Phi) is 9.65. The second kappa shape index (κ2) is 11.2. The standard InChI is InChI=1S/C21H29N3O.HI/c1-21(2,19-12-6-5-7-13-19)16-24-20(22-3)23-14-17-10-8-9-11-18(17)15-25-4;/h5-13H,14-16H2,1-4H3,(H2,22,23,24);1H. The predicted octanol–water partition coefficient (Wildman–Crippen LogP) is 4.09. The Morgan fingerprint density at radius 2 is 1.58 bits per heavy atom. The maximum atomic E-state index is 5.27. The van der Waals surface area contributed by atoms with Crippen LogP contribution in [0.4, 0.5) is 0 Å². The molecule has 5 heteroatoms. The zero-order valence-corrected chi connectivity index (χ0v) is 18.4. The highest BCUT2D eigenvalue weighted by molar-refractivity contribution is 14.0. The van der Waals surface area contributed by atoms with Crippen LogP contribution in [0.5, 0.6) is 0 Å². The first-order chi connectivity index (χ1) is 12.1. The van der Waals surface area contributed by atoms with E-state index in [0.717, 1.165) is 12.5 Å². The number of nitrogens with one attached hydrogen (secondary N) is 2. The topological polar surface area (TPSA) is 45.7 Å². The molecule has 2 N–H and O–H groups in total. The molecule has 0 radical (unpaired) electrons. The molecule has 0 atom stereocenters. The first-order valence-corrected chi connectivity index (χ1v) is 8.62. The second-order valence-corrected chi connectivity index (χ2v) is 6.73. The fourth-order valence-electron chi connectivity index (χ4n) is 2.72. The number of aliphatic imine (C=N–C) groups is 1. The summed E-state index contributed by atoms with van der Waals surface area (Å²) in [6.07, 6.45) is 0. The van der Waals surface area contributed by atoms with Gasteiger partial charge in [-0.05, 0) is 16.7 Å². The first kappa shape index (κ1) is 22.4. The third-order valence-corrected chi connectivity index (χ3v) is 4.34. The monoisotopic (exact) mass is 467 g/mol. The Morgan fingerprint density at radius 1 is 0.962 bits per heavy atom. The van der Waals surface area contributed by atoms with Gasteiger partial charge >= 0.3 is 0 Å². The van der Waals surface area contributed by atoms with Crippen LogP contribution < -0.4 is 10.6 Å². The van der Waals surface area contributed by atoms with Gasteiger partial charge in [-0.3, -0.25) is 4.99 Å². The molecule has 0 aliphatic rings. The van der Waals surface area contributed by atoms with Gasteiger partial charge in [0.15, 0.2) is 5.96 Å². The summed E-state index contributed by atoms with van der Waals surface area (Å²) in [6.45, 7) is 6.60. The molecule has 0 saturated heterocycles. The fourth-order valence-corrected chi connectivity index (χ4v) is 2.72. The van der Waals surface area contributed by atoms with Crippen molar-refractivity contribution >= 4 is 29.9 Å². The molecule has 26 heavy (non-hydrogen) atoms. The van der Waals surface area contributed by atoms with Crippen LogP contribution in [0.2, 0.25) is 0 Å². The molecule has 0 aliphatic heterocycles. The Balaban J connectivity index is 0.00000338. The van der Waals surface area contributed by atoms with Crippen molar-refractivity contribution in [3.8, 4) is 0 Å². The molecular weight excluding hydrogens is 437 g/mol. The Bertz CT molecular complexity index is 687. The molecule has 0 amide bonds. The van der Waals surface area contributed by atoms with Gasteiger partial charge in [0.05, 0.1) is 6.61 Å². The largest absolute Gasteiger partial charge is 0.380 e. The van der Waals surface area contributed by atoms with Crippen LogP contribution in [0.25, 0.3) is 0 Å². The molecule has 0 fully saturated rings. The summed E-state index contributed by atoms with van der Waals surface area (Å²) in [5.74, 6) is 0.802. The van der Waals surface area contributed by atoms with Crippen molar-refractivity contribution in [1.29, 1.82) is 0 Å². The molecule has 2 rings (SSSR count). The fraction of sp³-hybridized carbons (Fsp3) is 0.381. The van der Waals surface area contributed by atoms with E-state index in [1.165, 1.54) is 16.7 Å². The van der Waals surface area contributed by atoms with E-state index in [2.05, 4.69) is 65.9 Å². The van der Waals surface area contributed by atoms with Gasteiger partial charge in [-0.1, -0.05) is 68.4 Å². The second-order valence-electron chi connectivity index (χ2n) is 6.73. The van der Waals surface area contributed by atoms with E-state index >= 15 is 0 Å². The number of guanidine groups is 1. The van der Waals surface area contributed by atoms with Crippen LogP contribution in [0, 0.1) is 0 Å². The third kappa shape index (κ3) is 6.61. The molecule has 142 valence electrons. The highest BCUT2D eigenvalue weighted by Gasteiger charge is 2.20. The summed E-state index contributed by atoms with van der Waals surface area (Å²) in [4.78, 5) is 4.34. The lowest BCUT2D eigenvalue weighted by molar-refractivity contribution is 0.184. The van der Waals surface area contributed by atoms with Crippen LogP contribution in [-0.2, 0) is 23.3 Å².